The van der Waals surface area contributed by atoms with Gasteiger partial charge in [0.05, 0.1) is 27.5 Å². The molecule has 2 aromatic rings. The largest absolute Gasteiger partial charge is 1.00 e. The van der Waals surface area contributed by atoms with E-state index >= 15 is 0 Å². The average Bonchev–Trinajstić information content (AvgIpc) is 3.37. The number of β-lactam (4-membered cyclic amide) rings is 1. The van der Waals surface area contributed by atoms with E-state index in [2.05, 4.69) is 25.9 Å². The molecule has 39 heavy (non-hydrogen) atoms. The molecule has 1 fully saturated rings. The predicted molar refractivity (Wildman–Crippen MR) is 123 cm³/mol. The molecule has 4 rings (SSSR count). The van der Waals surface area contributed by atoms with Crippen LogP contribution in [0.3, 0.4) is 0 Å². The second-order valence-corrected chi connectivity index (χ2v) is 11.5. The van der Waals surface area contributed by atoms with Crippen molar-refractivity contribution in [3.8, 4) is 0 Å². The number of aromatic nitrogens is 4. The third-order valence-electron chi connectivity index (χ3n) is 5.57. The van der Waals surface area contributed by atoms with E-state index in [-0.39, 0.29) is 81.2 Å². The van der Waals surface area contributed by atoms with Gasteiger partial charge in [-0.1, -0.05) is 42.1 Å². The summed E-state index contributed by atoms with van der Waals surface area (Å²) in [5.74, 6) is -4.96. The number of aromatic amines is 1. The Kier molecular flexibility index (Phi) is 12.1. The second-order valence-electron chi connectivity index (χ2n) is 7.78. The van der Waals surface area contributed by atoms with Crippen molar-refractivity contribution in [2.24, 2.45) is 0 Å². The monoisotopic (exact) mass is 616 g/mol. The van der Waals surface area contributed by atoms with E-state index < -0.39 is 61.8 Å². The van der Waals surface area contributed by atoms with Crippen LogP contribution in [-0.2, 0) is 29.2 Å². The number of aliphatic hydroxyl groups is 1. The van der Waals surface area contributed by atoms with Gasteiger partial charge in [0.2, 0.25) is 5.16 Å². The molecule has 20 heteroatoms. The number of amides is 2. The molecule has 2 aliphatic rings. The van der Waals surface area contributed by atoms with Crippen LogP contribution < -0.4 is 69.5 Å². The molecule has 0 saturated carbocycles. The molecular weight excluding hydrogens is 598 g/mol. The fourth-order valence-corrected chi connectivity index (χ4v) is 7.65. The van der Waals surface area contributed by atoms with Gasteiger partial charge in [0, 0.05) is 18.1 Å². The number of thioether (sulfide) groups is 2. The van der Waals surface area contributed by atoms with Crippen LogP contribution in [0.4, 0.5) is 0 Å². The van der Waals surface area contributed by atoms with Crippen molar-refractivity contribution in [2.75, 3.05) is 18.6 Å². The Labute approximate surface area is 274 Å². The van der Waals surface area contributed by atoms with Crippen molar-refractivity contribution in [1.29, 1.82) is 0 Å². The second kappa shape index (κ2) is 13.8. The van der Waals surface area contributed by atoms with E-state index in [4.69, 9.17) is 4.74 Å². The molecule has 2 unspecified atom stereocenters. The number of rotatable bonds is 10. The predicted octanol–water partition coefficient (Wildman–Crippen LogP) is -8.67. The van der Waals surface area contributed by atoms with E-state index in [0.717, 1.165) is 23.8 Å². The minimum absolute atomic E-state index is 0. The van der Waals surface area contributed by atoms with Crippen molar-refractivity contribution in [3.63, 3.8) is 0 Å². The van der Waals surface area contributed by atoms with Crippen molar-refractivity contribution >= 4 is 51.4 Å². The van der Waals surface area contributed by atoms with Crippen LogP contribution in [0.15, 0.2) is 46.8 Å². The standard InChI is InChI=1S/C19H20N6O9S3.2Na/c1-34-19(20-14(27)13(26)9-5-3-2-4-6-9)16(30)25-12(15(28)29)10(7-35-17(19)25)11(8-37(31,32)33)36-18-21-23-24-22-18;;/h2-6,11,13,17,26H,7-8H2,1H3,(H,20,27)(H,28,29)(H,31,32,33)(H,21,22,23,24);;/q;2*+1/p-2/t11?,13?,17-,19+;;/m0../s1. The summed E-state index contributed by atoms with van der Waals surface area (Å²) in [6.45, 7) is 0. The van der Waals surface area contributed by atoms with Crippen molar-refractivity contribution in [3.05, 3.63) is 47.2 Å². The van der Waals surface area contributed by atoms with Gasteiger partial charge in [-0.3, -0.25) is 14.5 Å². The summed E-state index contributed by atoms with van der Waals surface area (Å²) in [7, 11) is -3.73. The van der Waals surface area contributed by atoms with Gasteiger partial charge in [-0.05, 0) is 21.6 Å². The number of carboxylic acids is 1. The van der Waals surface area contributed by atoms with E-state index in [9.17, 15) is 37.6 Å². The molecular formula is C19H18N6Na2O9S3. The minimum Gasteiger partial charge on any atom is -0.748 e. The van der Waals surface area contributed by atoms with Crippen LogP contribution in [0.25, 0.3) is 0 Å². The van der Waals surface area contributed by atoms with E-state index in [1.54, 1.807) is 18.2 Å². The van der Waals surface area contributed by atoms with Crippen molar-refractivity contribution < 1.29 is 101 Å². The quantitative estimate of drug-likeness (QED) is 0.0740. The summed E-state index contributed by atoms with van der Waals surface area (Å²) >= 11 is 1.65. The summed E-state index contributed by atoms with van der Waals surface area (Å²) in [5, 5.41) is 35.3. The number of hydrogen-bond donors (Lipinski definition) is 3. The SMILES string of the molecule is CO[C@]1(NC(=O)C(O)c2ccccc2)C(=O)N2C(C(=O)[O-])=C(C(CS(=O)(=O)[O-])Sc3nnn[nH]3)CS[C@H]21.[Na+].[Na+]. The van der Waals surface area contributed by atoms with Crippen LogP contribution in [0.2, 0.25) is 0 Å². The van der Waals surface area contributed by atoms with Gasteiger partial charge in [0.1, 0.15) is 5.37 Å². The molecule has 3 heterocycles. The number of carbonyl (C=O) groups is 3. The number of carboxylic acid groups (broad SMARTS) is 1. The third-order valence-corrected chi connectivity index (χ3v) is 8.99. The van der Waals surface area contributed by atoms with Crippen LogP contribution in [-0.4, -0.2) is 96.3 Å². The van der Waals surface area contributed by atoms with Gasteiger partial charge >= 0.3 is 59.1 Å². The molecule has 198 valence electrons. The number of carbonyl (C=O) groups excluding carboxylic acids is 3. The van der Waals surface area contributed by atoms with Crippen LogP contribution >= 0.6 is 23.5 Å². The van der Waals surface area contributed by atoms with Crippen LogP contribution in [0.5, 0.6) is 0 Å². The average molecular weight is 617 g/mol. The van der Waals surface area contributed by atoms with Gasteiger partial charge in [-0.25, -0.2) is 13.5 Å². The molecule has 2 aliphatic heterocycles. The maximum Gasteiger partial charge on any atom is 1.00 e. The zero-order valence-corrected chi connectivity index (χ0v) is 27.2. The fraction of sp³-hybridized carbons (Fsp3) is 0.368. The number of nitrogens with one attached hydrogen (secondary N) is 2. The number of ether oxygens (including phenoxy) is 1. The number of aliphatic hydroxyl groups excluding tert-OH is 1. The first kappa shape index (κ1) is 34.2. The Morgan fingerprint density at radius 2 is 2.03 bits per heavy atom. The Bertz CT molecular complexity index is 1350. The molecule has 0 radical (unpaired) electrons. The maximum absolute atomic E-state index is 13.3. The number of fused-ring (bicyclic) bond motifs is 1. The normalized spacial score (nSPS) is 22.0. The molecule has 15 nitrogen and oxygen atoms in total. The van der Waals surface area contributed by atoms with Gasteiger partial charge in [-0.15, -0.1) is 16.9 Å². The first-order valence-corrected chi connectivity index (χ1v) is 13.8. The summed E-state index contributed by atoms with van der Waals surface area (Å²) in [6, 6.07) is 7.90. The van der Waals surface area contributed by atoms with Gasteiger partial charge in [0.25, 0.3) is 17.5 Å². The maximum atomic E-state index is 13.3. The Morgan fingerprint density at radius 3 is 2.56 bits per heavy atom. The molecule has 2 amide bonds. The third kappa shape index (κ3) is 7.07. The Morgan fingerprint density at radius 1 is 1.36 bits per heavy atom. The number of methoxy groups -OCH3 is 1. The van der Waals surface area contributed by atoms with Crippen molar-refractivity contribution in [1.82, 2.24) is 30.8 Å². The van der Waals surface area contributed by atoms with Gasteiger partial charge in [-0.2, -0.15) is 0 Å². The number of benzene rings is 1. The molecule has 0 aliphatic carbocycles. The first-order valence-electron chi connectivity index (χ1n) is 10.3. The number of tetrazole rings is 1. The zero-order valence-electron chi connectivity index (χ0n) is 20.8. The zero-order chi connectivity index (χ0) is 27.0. The summed E-state index contributed by atoms with van der Waals surface area (Å²) in [4.78, 5) is 39.0. The number of nitrogens with zero attached hydrogens (tertiary/aromatic N) is 4. The smallest absolute Gasteiger partial charge is 0.748 e. The summed E-state index contributed by atoms with van der Waals surface area (Å²) in [5.41, 5.74) is -2.51. The summed E-state index contributed by atoms with van der Waals surface area (Å²) < 4.78 is 40.0. The van der Waals surface area contributed by atoms with Crippen LogP contribution in [0.1, 0.15) is 11.7 Å². The van der Waals surface area contributed by atoms with Crippen LogP contribution in [0, 0.1) is 0 Å². The molecule has 1 aromatic heterocycles. The Balaban J connectivity index is 0.00000267. The molecule has 1 aromatic carbocycles. The van der Waals surface area contributed by atoms with E-state index in [1.807, 2.05) is 0 Å². The van der Waals surface area contributed by atoms with Gasteiger partial charge < -0.3 is 29.6 Å². The fourth-order valence-electron chi connectivity index (χ4n) is 3.90. The van der Waals surface area contributed by atoms with Crippen molar-refractivity contribution in [2.45, 2.75) is 27.6 Å². The Hall–Kier alpha value is -1.03. The van der Waals surface area contributed by atoms with Gasteiger partial charge in [0.15, 0.2) is 6.10 Å². The number of hydrogen-bond acceptors (Lipinski definition) is 14. The molecule has 3 N–H and O–H groups in total. The molecule has 0 spiro atoms. The molecule has 0 bridgehead atoms. The van der Waals surface area contributed by atoms with E-state index in [1.165, 1.54) is 12.1 Å². The van der Waals surface area contributed by atoms with E-state index in [0.29, 0.717) is 11.8 Å². The minimum atomic E-state index is -4.85. The molecule has 4 atom stereocenters. The first-order chi connectivity index (χ1) is 17.5. The number of aliphatic carboxylic acids is 1. The summed E-state index contributed by atoms with van der Waals surface area (Å²) in [6.07, 6.45) is -1.64. The molecule has 1 saturated heterocycles. The number of H-pyrrole nitrogens is 1. The topological polar surface area (TPSA) is 231 Å².